The number of hydrogen-bond acceptors (Lipinski definition) is 0. The Balaban J connectivity index is 1.93. The molecule has 2 aromatic carbocycles. The third-order valence-corrected chi connectivity index (χ3v) is 3.55. The van der Waals surface area contributed by atoms with Crippen molar-refractivity contribution in [1.82, 2.24) is 0 Å². The minimum atomic E-state index is -4.26. The van der Waals surface area contributed by atoms with Crippen molar-refractivity contribution in [3.63, 3.8) is 0 Å². The Labute approximate surface area is 123 Å². The third kappa shape index (κ3) is 4.62. The van der Waals surface area contributed by atoms with Crippen molar-refractivity contribution < 1.29 is 13.2 Å². The molecule has 0 fully saturated rings. The molecule has 0 aliphatic heterocycles. The first kappa shape index (κ1) is 15.6. The number of halogens is 3. The summed E-state index contributed by atoms with van der Waals surface area (Å²) in [5.41, 5.74) is 2.89. The molecule has 0 nitrogen and oxygen atoms in total. The molecule has 2 aromatic rings. The minimum absolute atomic E-state index is 0.588. The topological polar surface area (TPSA) is 0 Å². The van der Waals surface area contributed by atoms with E-state index >= 15 is 0 Å². The Morgan fingerprint density at radius 1 is 0.667 bits per heavy atom. The molecule has 2 rings (SSSR count). The summed E-state index contributed by atoms with van der Waals surface area (Å²) in [6, 6.07) is 13.9. The van der Waals surface area contributed by atoms with Gasteiger partial charge in [0.1, 0.15) is 0 Å². The third-order valence-electron chi connectivity index (χ3n) is 3.55. The van der Waals surface area contributed by atoms with Gasteiger partial charge < -0.3 is 0 Å². The number of benzene rings is 2. The number of alkyl halides is 3. The Kier molecular flexibility index (Phi) is 5.05. The SMILES string of the molecule is CCCc1ccc(CCc2ccc(C(F)(F)F)cc2)cc1. The molecule has 0 atom stereocenters. The molecule has 21 heavy (non-hydrogen) atoms. The standard InChI is InChI=1S/C18H19F3/c1-2-3-14-4-6-15(7-5-14)8-9-16-10-12-17(13-11-16)18(19,20)21/h4-7,10-13H,2-3,8-9H2,1H3. The Morgan fingerprint density at radius 2 is 1.05 bits per heavy atom. The van der Waals surface area contributed by atoms with Crippen LogP contribution in [0.1, 0.15) is 35.6 Å². The summed E-state index contributed by atoms with van der Waals surface area (Å²) in [6.45, 7) is 2.15. The maximum atomic E-state index is 12.5. The van der Waals surface area contributed by atoms with Crippen LogP contribution in [0.3, 0.4) is 0 Å². The summed E-state index contributed by atoms with van der Waals surface area (Å²) in [5.74, 6) is 0. The van der Waals surface area contributed by atoms with Gasteiger partial charge in [0.25, 0.3) is 0 Å². The van der Waals surface area contributed by atoms with Crippen molar-refractivity contribution in [3.8, 4) is 0 Å². The van der Waals surface area contributed by atoms with Crippen molar-refractivity contribution in [2.24, 2.45) is 0 Å². The second-order valence-corrected chi connectivity index (χ2v) is 5.26. The summed E-state index contributed by atoms with van der Waals surface area (Å²) >= 11 is 0. The number of hydrogen-bond donors (Lipinski definition) is 0. The first-order chi connectivity index (χ1) is 9.99. The lowest BCUT2D eigenvalue weighted by Crippen LogP contribution is -2.04. The van der Waals surface area contributed by atoms with Crippen LogP contribution in [0.4, 0.5) is 13.2 Å². The van der Waals surface area contributed by atoms with Gasteiger partial charge >= 0.3 is 6.18 Å². The molecule has 0 saturated carbocycles. The van der Waals surface area contributed by atoms with Crippen molar-refractivity contribution >= 4 is 0 Å². The van der Waals surface area contributed by atoms with Crippen LogP contribution in [-0.4, -0.2) is 0 Å². The number of aryl methyl sites for hydroxylation is 3. The van der Waals surface area contributed by atoms with Crippen LogP contribution in [0.25, 0.3) is 0 Å². The second-order valence-electron chi connectivity index (χ2n) is 5.26. The maximum Gasteiger partial charge on any atom is 0.416 e. The van der Waals surface area contributed by atoms with E-state index in [-0.39, 0.29) is 0 Å². The van der Waals surface area contributed by atoms with E-state index in [9.17, 15) is 13.2 Å². The predicted octanol–water partition coefficient (Wildman–Crippen LogP) is 5.44. The van der Waals surface area contributed by atoms with Gasteiger partial charge in [-0.15, -0.1) is 0 Å². The highest BCUT2D eigenvalue weighted by Gasteiger charge is 2.29. The maximum absolute atomic E-state index is 12.5. The molecule has 0 bridgehead atoms. The zero-order valence-corrected chi connectivity index (χ0v) is 12.1. The van der Waals surface area contributed by atoms with E-state index in [4.69, 9.17) is 0 Å². The molecule has 0 spiro atoms. The van der Waals surface area contributed by atoms with Crippen LogP contribution in [0, 0.1) is 0 Å². The molecule has 0 unspecified atom stereocenters. The molecule has 0 N–H and O–H groups in total. The van der Waals surface area contributed by atoms with Gasteiger partial charge in [-0.25, -0.2) is 0 Å². The Hall–Kier alpha value is -1.77. The van der Waals surface area contributed by atoms with Gasteiger partial charge in [-0.2, -0.15) is 13.2 Å². The molecular weight excluding hydrogens is 273 g/mol. The molecule has 0 radical (unpaired) electrons. The van der Waals surface area contributed by atoms with Crippen molar-refractivity contribution in [2.75, 3.05) is 0 Å². The van der Waals surface area contributed by atoms with Crippen molar-refractivity contribution in [1.29, 1.82) is 0 Å². The van der Waals surface area contributed by atoms with E-state index in [1.807, 2.05) is 0 Å². The highest BCUT2D eigenvalue weighted by molar-refractivity contribution is 5.27. The monoisotopic (exact) mass is 292 g/mol. The quantitative estimate of drug-likeness (QED) is 0.688. The minimum Gasteiger partial charge on any atom is -0.166 e. The lowest BCUT2D eigenvalue weighted by molar-refractivity contribution is -0.137. The van der Waals surface area contributed by atoms with Crippen molar-refractivity contribution in [3.05, 3.63) is 70.8 Å². The highest BCUT2D eigenvalue weighted by atomic mass is 19.4. The molecule has 0 aliphatic rings. The van der Waals surface area contributed by atoms with Gasteiger partial charge in [-0.1, -0.05) is 49.7 Å². The lowest BCUT2D eigenvalue weighted by atomic mass is 10.0. The summed E-state index contributed by atoms with van der Waals surface area (Å²) in [6.07, 6.45) is -0.444. The molecule has 3 heteroatoms. The first-order valence-electron chi connectivity index (χ1n) is 7.23. The molecule has 0 saturated heterocycles. The van der Waals surface area contributed by atoms with E-state index in [0.29, 0.717) is 0 Å². The van der Waals surface area contributed by atoms with Crippen LogP contribution in [0.15, 0.2) is 48.5 Å². The molecule has 0 amide bonds. The second kappa shape index (κ2) is 6.79. The fourth-order valence-electron chi connectivity index (χ4n) is 2.31. The zero-order chi connectivity index (χ0) is 15.3. The smallest absolute Gasteiger partial charge is 0.166 e. The normalized spacial score (nSPS) is 11.6. The molecule has 0 heterocycles. The summed E-state index contributed by atoms with van der Waals surface area (Å²) < 4.78 is 37.4. The van der Waals surface area contributed by atoms with E-state index < -0.39 is 11.7 Å². The predicted molar refractivity (Wildman–Crippen MR) is 79.3 cm³/mol. The number of rotatable bonds is 5. The summed E-state index contributed by atoms with van der Waals surface area (Å²) in [4.78, 5) is 0. The van der Waals surface area contributed by atoms with Crippen molar-refractivity contribution in [2.45, 2.75) is 38.8 Å². The van der Waals surface area contributed by atoms with Crippen LogP contribution in [-0.2, 0) is 25.4 Å². The Morgan fingerprint density at radius 3 is 1.43 bits per heavy atom. The van der Waals surface area contributed by atoms with Gasteiger partial charge in [0.2, 0.25) is 0 Å². The highest BCUT2D eigenvalue weighted by Crippen LogP contribution is 2.29. The lowest BCUT2D eigenvalue weighted by Gasteiger charge is -2.08. The van der Waals surface area contributed by atoms with E-state index in [1.54, 1.807) is 12.1 Å². The summed E-state index contributed by atoms with van der Waals surface area (Å²) in [7, 11) is 0. The van der Waals surface area contributed by atoms with Gasteiger partial charge in [0.15, 0.2) is 0 Å². The average molecular weight is 292 g/mol. The van der Waals surface area contributed by atoms with E-state index in [0.717, 1.165) is 43.4 Å². The van der Waals surface area contributed by atoms with Crippen LogP contribution < -0.4 is 0 Å². The van der Waals surface area contributed by atoms with Gasteiger partial charge in [0.05, 0.1) is 5.56 Å². The van der Waals surface area contributed by atoms with Crippen LogP contribution in [0.2, 0.25) is 0 Å². The van der Waals surface area contributed by atoms with E-state index in [2.05, 4.69) is 31.2 Å². The first-order valence-corrected chi connectivity index (χ1v) is 7.23. The Bertz CT molecular complexity index is 551. The summed E-state index contributed by atoms with van der Waals surface area (Å²) in [5, 5.41) is 0. The fourth-order valence-corrected chi connectivity index (χ4v) is 2.31. The molecule has 0 aromatic heterocycles. The molecular formula is C18H19F3. The average Bonchev–Trinajstić information content (AvgIpc) is 2.46. The fraction of sp³-hybridized carbons (Fsp3) is 0.333. The molecule has 0 aliphatic carbocycles. The van der Waals surface area contributed by atoms with Crippen LogP contribution in [0.5, 0.6) is 0 Å². The largest absolute Gasteiger partial charge is 0.416 e. The van der Waals surface area contributed by atoms with E-state index in [1.165, 1.54) is 11.1 Å². The van der Waals surface area contributed by atoms with Gasteiger partial charge in [-0.05, 0) is 48.1 Å². The van der Waals surface area contributed by atoms with Gasteiger partial charge in [0, 0.05) is 0 Å². The zero-order valence-electron chi connectivity index (χ0n) is 12.1. The van der Waals surface area contributed by atoms with Crippen LogP contribution >= 0.6 is 0 Å². The molecule has 112 valence electrons. The van der Waals surface area contributed by atoms with Gasteiger partial charge in [-0.3, -0.25) is 0 Å².